The van der Waals surface area contributed by atoms with Gasteiger partial charge in [-0.3, -0.25) is 4.79 Å². The Balaban J connectivity index is 0.000000271. The summed E-state index contributed by atoms with van der Waals surface area (Å²) in [7, 11) is 0. The highest BCUT2D eigenvalue weighted by Gasteiger charge is 2.19. The Morgan fingerprint density at radius 1 is 0.889 bits per heavy atom. The van der Waals surface area contributed by atoms with Gasteiger partial charge in [-0.25, -0.2) is 14.8 Å². The number of rotatable bonds is 2. The van der Waals surface area contributed by atoms with Crippen molar-refractivity contribution in [2.45, 2.75) is 52.4 Å². The summed E-state index contributed by atoms with van der Waals surface area (Å²) < 4.78 is 26.2. The maximum atomic E-state index is 13.1. The lowest BCUT2D eigenvalue weighted by atomic mass is 9.91. The summed E-state index contributed by atoms with van der Waals surface area (Å²) in [5.41, 5.74) is 0.335. The van der Waals surface area contributed by atoms with E-state index in [2.05, 4.69) is 9.97 Å². The zero-order valence-electron chi connectivity index (χ0n) is 16.3. The van der Waals surface area contributed by atoms with Crippen LogP contribution in [0.25, 0.3) is 0 Å². The van der Waals surface area contributed by atoms with Crippen LogP contribution in [0.2, 0.25) is 0 Å². The van der Waals surface area contributed by atoms with Crippen molar-refractivity contribution in [1.29, 1.82) is 0 Å². The van der Waals surface area contributed by atoms with Crippen molar-refractivity contribution in [3.63, 3.8) is 0 Å². The molecule has 0 fully saturated rings. The molecule has 2 heterocycles. The average Bonchev–Trinajstić information content (AvgIpc) is 2.53. The minimum absolute atomic E-state index is 0.00741. The van der Waals surface area contributed by atoms with Gasteiger partial charge in [0.15, 0.2) is 6.29 Å². The highest BCUT2D eigenvalue weighted by atomic mass is 19.1. The second-order valence-electron chi connectivity index (χ2n) is 8.03. The largest absolute Gasteiger partial charge is 0.478 e. The second-order valence-corrected chi connectivity index (χ2v) is 8.03. The van der Waals surface area contributed by atoms with E-state index in [1.54, 1.807) is 6.07 Å². The number of aromatic nitrogens is 2. The van der Waals surface area contributed by atoms with Crippen LogP contribution in [0.3, 0.4) is 0 Å². The molecule has 0 aliphatic heterocycles. The number of carbonyl (C=O) groups excluding carboxylic acids is 1. The van der Waals surface area contributed by atoms with Gasteiger partial charge in [0.05, 0.1) is 5.56 Å². The number of pyridine rings is 2. The SMILES string of the molecule is CC(C)(C)c1ccc(C(=O)O)c(F)n1.CC(C)(C)c1ccc(C=O)c(F)n1. The molecular formula is C20H24F2N2O3. The second kappa shape index (κ2) is 8.33. The summed E-state index contributed by atoms with van der Waals surface area (Å²) >= 11 is 0. The molecular weight excluding hydrogens is 354 g/mol. The molecule has 0 amide bonds. The van der Waals surface area contributed by atoms with E-state index < -0.39 is 23.4 Å². The molecule has 2 aromatic heterocycles. The van der Waals surface area contributed by atoms with Gasteiger partial charge in [-0.05, 0) is 24.3 Å². The number of aldehydes is 1. The van der Waals surface area contributed by atoms with Crippen LogP contribution < -0.4 is 0 Å². The van der Waals surface area contributed by atoms with E-state index >= 15 is 0 Å². The highest BCUT2D eigenvalue weighted by molar-refractivity contribution is 5.87. The molecule has 0 radical (unpaired) electrons. The van der Waals surface area contributed by atoms with Crippen molar-refractivity contribution in [3.8, 4) is 0 Å². The molecule has 0 bridgehead atoms. The lowest BCUT2D eigenvalue weighted by molar-refractivity contribution is 0.0690. The number of halogens is 2. The Hall–Kier alpha value is -2.70. The van der Waals surface area contributed by atoms with E-state index in [9.17, 15) is 18.4 Å². The molecule has 0 aliphatic rings. The third-order valence-electron chi connectivity index (χ3n) is 3.62. The molecule has 5 nitrogen and oxygen atoms in total. The predicted molar refractivity (Wildman–Crippen MR) is 98.1 cm³/mol. The van der Waals surface area contributed by atoms with E-state index in [-0.39, 0.29) is 16.4 Å². The Morgan fingerprint density at radius 2 is 1.33 bits per heavy atom. The van der Waals surface area contributed by atoms with Crippen molar-refractivity contribution < 1.29 is 23.5 Å². The summed E-state index contributed by atoms with van der Waals surface area (Å²) in [5, 5.41) is 8.58. The van der Waals surface area contributed by atoms with Crippen LogP contribution in [-0.4, -0.2) is 27.3 Å². The Morgan fingerprint density at radius 3 is 1.67 bits per heavy atom. The molecule has 1 N–H and O–H groups in total. The highest BCUT2D eigenvalue weighted by Crippen LogP contribution is 2.21. The van der Waals surface area contributed by atoms with Gasteiger partial charge in [0.1, 0.15) is 5.56 Å². The molecule has 2 rings (SSSR count). The lowest BCUT2D eigenvalue weighted by Gasteiger charge is -2.17. The van der Waals surface area contributed by atoms with Crippen LogP contribution in [0.1, 0.15) is 73.6 Å². The van der Waals surface area contributed by atoms with E-state index in [1.165, 1.54) is 18.2 Å². The number of nitrogens with zero attached hydrogens (tertiary/aromatic N) is 2. The fourth-order valence-electron chi connectivity index (χ4n) is 1.96. The maximum absolute atomic E-state index is 13.1. The molecule has 146 valence electrons. The summed E-state index contributed by atoms with van der Waals surface area (Å²) in [5.74, 6) is -2.91. The van der Waals surface area contributed by atoms with Crippen molar-refractivity contribution in [1.82, 2.24) is 9.97 Å². The first-order chi connectivity index (χ1) is 12.3. The third kappa shape index (κ3) is 6.20. The van der Waals surface area contributed by atoms with Crippen LogP contribution in [0.4, 0.5) is 8.78 Å². The molecule has 0 saturated heterocycles. The first-order valence-electron chi connectivity index (χ1n) is 8.30. The minimum Gasteiger partial charge on any atom is -0.478 e. The molecule has 0 atom stereocenters. The molecule has 27 heavy (non-hydrogen) atoms. The molecule has 0 unspecified atom stereocenters. The number of carbonyl (C=O) groups is 2. The topological polar surface area (TPSA) is 80.1 Å². The van der Waals surface area contributed by atoms with Gasteiger partial charge in [-0.15, -0.1) is 0 Å². The molecule has 0 spiro atoms. The Labute approximate surface area is 157 Å². The van der Waals surface area contributed by atoms with Gasteiger partial charge in [-0.2, -0.15) is 8.78 Å². The molecule has 0 saturated carbocycles. The van der Waals surface area contributed by atoms with Crippen molar-refractivity contribution in [2.24, 2.45) is 0 Å². The molecule has 7 heteroatoms. The number of carboxylic acid groups (broad SMARTS) is 1. The van der Waals surface area contributed by atoms with Gasteiger partial charge in [0, 0.05) is 22.2 Å². The van der Waals surface area contributed by atoms with Crippen molar-refractivity contribution in [3.05, 3.63) is 58.7 Å². The normalized spacial score (nSPS) is 11.4. The summed E-state index contributed by atoms with van der Waals surface area (Å²) in [4.78, 5) is 28.1. The zero-order valence-corrected chi connectivity index (χ0v) is 16.3. The molecule has 0 aromatic carbocycles. The van der Waals surface area contributed by atoms with E-state index in [0.717, 1.165) is 0 Å². The number of aromatic carboxylic acids is 1. The van der Waals surface area contributed by atoms with E-state index in [0.29, 0.717) is 17.7 Å². The summed E-state index contributed by atoms with van der Waals surface area (Å²) in [6.07, 6.45) is 0.467. The van der Waals surface area contributed by atoms with Crippen LogP contribution >= 0.6 is 0 Å². The first kappa shape index (κ1) is 22.3. The summed E-state index contributed by atoms with van der Waals surface area (Å²) in [6, 6.07) is 5.90. The molecule has 0 aliphatic carbocycles. The van der Waals surface area contributed by atoms with Gasteiger partial charge >= 0.3 is 5.97 Å². The van der Waals surface area contributed by atoms with Gasteiger partial charge < -0.3 is 5.11 Å². The number of hydrogen-bond acceptors (Lipinski definition) is 4. The van der Waals surface area contributed by atoms with Crippen LogP contribution in [0.5, 0.6) is 0 Å². The number of carboxylic acids is 1. The van der Waals surface area contributed by atoms with Crippen molar-refractivity contribution >= 4 is 12.3 Å². The van der Waals surface area contributed by atoms with Gasteiger partial charge in [-0.1, -0.05) is 41.5 Å². The van der Waals surface area contributed by atoms with Gasteiger partial charge in [0.25, 0.3) is 0 Å². The Bertz CT molecular complexity index is 838. The fraction of sp³-hybridized carbons (Fsp3) is 0.400. The lowest BCUT2D eigenvalue weighted by Crippen LogP contribution is -2.15. The summed E-state index contributed by atoms with van der Waals surface area (Å²) in [6.45, 7) is 11.5. The van der Waals surface area contributed by atoms with Crippen molar-refractivity contribution in [2.75, 3.05) is 0 Å². The number of hydrogen-bond donors (Lipinski definition) is 1. The third-order valence-corrected chi connectivity index (χ3v) is 3.62. The van der Waals surface area contributed by atoms with E-state index in [1.807, 2.05) is 41.5 Å². The maximum Gasteiger partial charge on any atom is 0.340 e. The average molecular weight is 378 g/mol. The standard InChI is InChI=1S/C10H12FNO2.C10H12FNO/c1-10(2,3)7-5-4-6(9(13)14)8(11)12-7;1-10(2,3)8-5-4-7(6-13)9(11)12-8/h4-5H,1-3H3,(H,13,14);4-6H,1-3H3. The zero-order chi connectivity index (χ0) is 21.0. The van der Waals surface area contributed by atoms with Crippen LogP contribution in [0.15, 0.2) is 24.3 Å². The predicted octanol–water partition coefficient (Wildman–Crippen LogP) is 4.55. The fourth-order valence-corrected chi connectivity index (χ4v) is 1.96. The smallest absolute Gasteiger partial charge is 0.340 e. The van der Waals surface area contributed by atoms with Crippen LogP contribution in [0, 0.1) is 11.9 Å². The first-order valence-corrected chi connectivity index (χ1v) is 8.30. The Kier molecular flexibility index (Phi) is 6.89. The minimum atomic E-state index is -1.30. The van der Waals surface area contributed by atoms with Gasteiger partial charge in [0.2, 0.25) is 11.9 Å². The van der Waals surface area contributed by atoms with E-state index in [4.69, 9.17) is 5.11 Å². The molecule has 2 aromatic rings. The monoisotopic (exact) mass is 378 g/mol. The van der Waals surface area contributed by atoms with Crippen LogP contribution in [-0.2, 0) is 10.8 Å². The quantitative estimate of drug-likeness (QED) is 0.613.